The number of H-pyrrole nitrogens is 2. The standard InChI is InChI=1S/C20H24N4O3/c1-13-4-2-3-9-24(13)16-11-23(12-16)19(26)15-7-5-14(6-8-15)17-10-21-20(27)22-18(17)25/h5-8,10,13,16H,2-4,9,11-12H2,1H3,(H2,21,22,25,27). The maximum absolute atomic E-state index is 12.7. The molecule has 0 spiro atoms. The summed E-state index contributed by atoms with van der Waals surface area (Å²) in [6.07, 6.45) is 5.19. The van der Waals surface area contributed by atoms with E-state index in [-0.39, 0.29) is 5.91 Å². The summed E-state index contributed by atoms with van der Waals surface area (Å²) in [5, 5.41) is 0. The van der Waals surface area contributed by atoms with Gasteiger partial charge in [-0.15, -0.1) is 0 Å². The zero-order chi connectivity index (χ0) is 19.0. The van der Waals surface area contributed by atoms with Crippen LogP contribution in [0.3, 0.4) is 0 Å². The van der Waals surface area contributed by atoms with Crippen LogP contribution >= 0.6 is 0 Å². The number of likely N-dealkylation sites (tertiary alicyclic amines) is 2. The minimum absolute atomic E-state index is 0.0258. The number of aromatic nitrogens is 2. The number of carbonyl (C=O) groups is 1. The quantitative estimate of drug-likeness (QED) is 0.858. The van der Waals surface area contributed by atoms with Gasteiger partial charge in [-0.3, -0.25) is 19.5 Å². The van der Waals surface area contributed by atoms with E-state index in [1.165, 1.54) is 25.5 Å². The number of aromatic amines is 2. The van der Waals surface area contributed by atoms with Crippen LogP contribution in [0.4, 0.5) is 0 Å². The predicted molar refractivity (Wildman–Crippen MR) is 103 cm³/mol. The first kappa shape index (κ1) is 17.7. The lowest BCUT2D eigenvalue weighted by Crippen LogP contribution is -2.63. The van der Waals surface area contributed by atoms with Crippen LogP contribution in [-0.4, -0.2) is 57.4 Å². The van der Waals surface area contributed by atoms with Crippen LogP contribution in [0.2, 0.25) is 0 Å². The second-order valence-electron chi connectivity index (χ2n) is 7.51. The van der Waals surface area contributed by atoms with Crippen LogP contribution in [0.5, 0.6) is 0 Å². The van der Waals surface area contributed by atoms with E-state index in [0.717, 1.165) is 19.6 Å². The van der Waals surface area contributed by atoms with Crippen molar-refractivity contribution in [3.63, 3.8) is 0 Å². The van der Waals surface area contributed by atoms with Crippen molar-refractivity contribution in [2.75, 3.05) is 19.6 Å². The highest BCUT2D eigenvalue weighted by Gasteiger charge is 2.37. The number of rotatable bonds is 3. The maximum atomic E-state index is 12.7. The molecule has 4 rings (SSSR count). The lowest BCUT2D eigenvalue weighted by molar-refractivity contribution is 0.00213. The fourth-order valence-corrected chi connectivity index (χ4v) is 4.09. The van der Waals surface area contributed by atoms with Crippen molar-refractivity contribution in [1.29, 1.82) is 0 Å². The average molecular weight is 368 g/mol. The molecular formula is C20H24N4O3. The Morgan fingerprint density at radius 3 is 2.52 bits per heavy atom. The molecule has 0 aliphatic carbocycles. The summed E-state index contributed by atoms with van der Waals surface area (Å²) in [7, 11) is 0. The highest BCUT2D eigenvalue weighted by molar-refractivity contribution is 5.95. The highest BCUT2D eigenvalue weighted by Crippen LogP contribution is 2.26. The van der Waals surface area contributed by atoms with Gasteiger partial charge in [-0.1, -0.05) is 18.6 Å². The van der Waals surface area contributed by atoms with Crippen LogP contribution in [0.15, 0.2) is 40.1 Å². The van der Waals surface area contributed by atoms with Crippen molar-refractivity contribution in [2.45, 2.75) is 38.3 Å². The topological polar surface area (TPSA) is 89.3 Å². The summed E-state index contributed by atoms with van der Waals surface area (Å²) in [5.41, 5.74) is 0.666. The normalized spacial score (nSPS) is 21.1. The Balaban J connectivity index is 1.42. The number of hydrogen-bond donors (Lipinski definition) is 2. The van der Waals surface area contributed by atoms with Crippen LogP contribution < -0.4 is 11.2 Å². The van der Waals surface area contributed by atoms with Gasteiger partial charge in [0.05, 0.1) is 5.56 Å². The molecular weight excluding hydrogens is 344 g/mol. The molecule has 1 unspecified atom stereocenters. The summed E-state index contributed by atoms with van der Waals surface area (Å²) in [5.74, 6) is 0.0258. The van der Waals surface area contributed by atoms with Gasteiger partial charge < -0.3 is 9.88 Å². The van der Waals surface area contributed by atoms with E-state index in [9.17, 15) is 14.4 Å². The van der Waals surface area contributed by atoms with Gasteiger partial charge in [-0.25, -0.2) is 4.79 Å². The van der Waals surface area contributed by atoms with Gasteiger partial charge >= 0.3 is 5.69 Å². The Morgan fingerprint density at radius 1 is 1.11 bits per heavy atom. The molecule has 1 aromatic carbocycles. The molecule has 0 bridgehead atoms. The monoisotopic (exact) mass is 368 g/mol. The van der Waals surface area contributed by atoms with Crippen LogP contribution in [0.1, 0.15) is 36.5 Å². The SMILES string of the molecule is CC1CCCCN1C1CN(C(=O)c2ccc(-c3c[nH]c(=O)[nH]c3=O)cc2)C1. The van der Waals surface area contributed by atoms with Gasteiger partial charge in [0.15, 0.2) is 0 Å². The first-order chi connectivity index (χ1) is 13.0. The molecule has 3 heterocycles. The molecule has 2 aromatic rings. The molecule has 2 N–H and O–H groups in total. The fourth-order valence-electron chi connectivity index (χ4n) is 4.09. The smallest absolute Gasteiger partial charge is 0.325 e. The lowest BCUT2D eigenvalue weighted by atomic mass is 9.96. The molecule has 7 heteroatoms. The highest BCUT2D eigenvalue weighted by atomic mass is 16.2. The van der Waals surface area contributed by atoms with Crippen LogP contribution in [-0.2, 0) is 0 Å². The zero-order valence-electron chi connectivity index (χ0n) is 15.4. The lowest BCUT2D eigenvalue weighted by Gasteiger charge is -2.49. The Labute approximate surface area is 157 Å². The summed E-state index contributed by atoms with van der Waals surface area (Å²) in [6, 6.07) is 8.03. The zero-order valence-corrected chi connectivity index (χ0v) is 15.4. The van der Waals surface area contributed by atoms with Gasteiger partial charge in [0.2, 0.25) is 0 Å². The molecule has 2 aliphatic rings. The molecule has 2 saturated heterocycles. The number of nitrogens with one attached hydrogen (secondary N) is 2. The maximum Gasteiger partial charge on any atom is 0.325 e. The minimum atomic E-state index is -0.536. The van der Waals surface area contributed by atoms with E-state index in [1.54, 1.807) is 24.3 Å². The number of benzene rings is 1. The first-order valence-corrected chi connectivity index (χ1v) is 9.50. The van der Waals surface area contributed by atoms with Crippen molar-refractivity contribution < 1.29 is 4.79 Å². The van der Waals surface area contributed by atoms with E-state index < -0.39 is 11.2 Å². The summed E-state index contributed by atoms with van der Waals surface area (Å²) < 4.78 is 0. The third kappa shape index (κ3) is 3.47. The number of piperidine rings is 1. The van der Waals surface area contributed by atoms with Crippen LogP contribution in [0, 0.1) is 0 Å². The minimum Gasteiger partial charge on any atom is -0.335 e. The molecule has 1 aromatic heterocycles. The summed E-state index contributed by atoms with van der Waals surface area (Å²) >= 11 is 0. The number of amides is 1. The molecule has 0 radical (unpaired) electrons. The number of nitrogens with zero attached hydrogens (tertiary/aromatic N) is 2. The van der Waals surface area contributed by atoms with E-state index in [4.69, 9.17) is 0 Å². The fraction of sp³-hybridized carbons (Fsp3) is 0.450. The number of carbonyl (C=O) groups excluding carboxylic acids is 1. The molecule has 27 heavy (non-hydrogen) atoms. The second kappa shape index (κ2) is 7.15. The Hall–Kier alpha value is -2.67. The second-order valence-corrected chi connectivity index (χ2v) is 7.51. The van der Waals surface area contributed by atoms with Gasteiger partial charge in [-0.05, 0) is 44.0 Å². The first-order valence-electron chi connectivity index (χ1n) is 9.50. The molecule has 2 fully saturated rings. The van der Waals surface area contributed by atoms with Crippen molar-refractivity contribution in [1.82, 2.24) is 19.8 Å². The van der Waals surface area contributed by atoms with Crippen LogP contribution in [0.25, 0.3) is 11.1 Å². The third-order valence-corrected chi connectivity index (χ3v) is 5.74. The van der Waals surface area contributed by atoms with E-state index in [0.29, 0.717) is 28.8 Å². The van der Waals surface area contributed by atoms with Gasteiger partial charge in [-0.2, -0.15) is 0 Å². The third-order valence-electron chi connectivity index (χ3n) is 5.74. The molecule has 7 nitrogen and oxygen atoms in total. The summed E-state index contributed by atoms with van der Waals surface area (Å²) in [6.45, 7) is 4.98. The van der Waals surface area contributed by atoms with Crippen molar-refractivity contribution in [3.8, 4) is 11.1 Å². The average Bonchev–Trinajstić information content (AvgIpc) is 2.62. The predicted octanol–water partition coefficient (Wildman–Crippen LogP) is 1.43. The van der Waals surface area contributed by atoms with Crippen molar-refractivity contribution in [3.05, 3.63) is 56.9 Å². The van der Waals surface area contributed by atoms with Gasteiger partial charge in [0.1, 0.15) is 0 Å². The molecule has 1 atom stereocenters. The van der Waals surface area contributed by atoms with E-state index >= 15 is 0 Å². The largest absolute Gasteiger partial charge is 0.335 e. The summed E-state index contributed by atoms with van der Waals surface area (Å²) in [4.78, 5) is 44.8. The Bertz CT molecular complexity index is 941. The van der Waals surface area contributed by atoms with Gasteiger partial charge in [0.25, 0.3) is 11.5 Å². The van der Waals surface area contributed by atoms with E-state index in [1.807, 2.05) is 4.90 Å². The number of hydrogen-bond acceptors (Lipinski definition) is 4. The molecule has 1 amide bonds. The Kier molecular flexibility index (Phi) is 4.70. The van der Waals surface area contributed by atoms with Gasteiger partial charge in [0, 0.05) is 36.9 Å². The molecule has 2 aliphatic heterocycles. The molecule has 0 saturated carbocycles. The molecule has 142 valence electrons. The van der Waals surface area contributed by atoms with Crippen molar-refractivity contribution in [2.24, 2.45) is 0 Å². The van der Waals surface area contributed by atoms with E-state index in [2.05, 4.69) is 21.8 Å². The van der Waals surface area contributed by atoms with Crippen molar-refractivity contribution >= 4 is 5.91 Å². The Morgan fingerprint density at radius 2 is 1.85 bits per heavy atom.